The van der Waals surface area contributed by atoms with Crippen molar-refractivity contribution in [1.82, 2.24) is 4.90 Å². The molecule has 0 aliphatic carbocycles. The quantitative estimate of drug-likeness (QED) is 0.886. The highest BCUT2D eigenvalue weighted by Crippen LogP contribution is 2.19. The summed E-state index contributed by atoms with van der Waals surface area (Å²) in [6.07, 6.45) is 0.324. The molecular weight excluding hydrogens is 266 g/mol. The van der Waals surface area contributed by atoms with Crippen LogP contribution in [0.4, 0.5) is 14.5 Å². The van der Waals surface area contributed by atoms with Gasteiger partial charge in [0, 0.05) is 6.54 Å². The number of carbonyl (C=O) groups excluding carboxylic acids is 1. The number of hydrogen-bond donors (Lipinski definition) is 2. The molecule has 1 amide bonds. The van der Waals surface area contributed by atoms with Crippen LogP contribution in [0.5, 0.6) is 0 Å². The minimum Gasteiger partial charge on any atom is -0.392 e. The smallest absolute Gasteiger partial charge is 0.238 e. The molecule has 0 saturated carbocycles. The summed E-state index contributed by atoms with van der Waals surface area (Å²) in [4.78, 5) is 13.6. The Kier molecular flexibility index (Phi) is 4.67. The first-order valence-electron chi connectivity index (χ1n) is 6.61. The summed E-state index contributed by atoms with van der Waals surface area (Å²) < 4.78 is 26.8. The van der Waals surface area contributed by atoms with Crippen molar-refractivity contribution in [1.29, 1.82) is 0 Å². The maximum Gasteiger partial charge on any atom is 0.238 e. The molecular formula is C14H18F2N2O2. The molecule has 2 unspecified atom stereocenters. The number of aliphatic hydroxyl groups is 1. The second kappa shape index (κ2) is 6.28. The standard InChI is InChI=1S/C14H18F2N2O2/c1-9-5-6-18(7-12(9)19)8-13(20)17-14-10(15)3-2-4-11(14)16/h2-4,9,12,19H,5-8H2,1H3,(H,17,20). The Hall–Kier alpha value is -1.53. The minimum absolute atomic E-state index is 0.0115. The molecule has 2 rings (SSSR count). The van der Waals surface area contributed by atoms with E-state index in [0.717, 1.165) is 18.6 Å². The van der Waals surface area contributed by atoms with E-state index in [2.05, 4.69) is 5.32 Å². The Morgan fingerprint density at radius 2 is 2.10 bits per heavy atom. The van der Waals surface area contributed by atoms with Crippen molar-refractivity contribution < 1.29 is 18.7 Å². The first-order valence-corrected chi connectivity index (χ1v) is 6.61. The highest BCUT2D eigenvalue weighted by molar-refractivity contribution is 5.92. The molecule has 20 heavy (non-hydrogen) atoms. The first kappa shape index (κ1) is 14.9. The zero-order valence-corrected chi connectivity index (χ0v) is 11.3. The van der Waals surface area contributed by atoms with Gasteiger partial charge in [-0.05, 0) is 31.0 Å². The van der Waals surface area contributed by atoms with Crippen LogP contribution in [-0.2, 0) is 4.79 Å². The van der Waals surface area contributed by atoms with E-state index in [0.29, 0.717) is 13.1 Å². The molecule has 1 aliphatic rings. The van der Waals surface area contributed by atoms with Gasteiger partial charge in [-0.15, -0.1) is 0 Å². The van der Waals surface area contributed by atoms with Crippen molar-refractivity contribution in [3.63, 3.8) is 0 Å². The first-order chi connectivity index (χ1) is 9.47. The van der Waals surface area contributed by atoms with Gasteiger partial charge in [0.1, 0.15) is 17.3 Å². The fourth-order valence-corrected chi connectivity index (χ4v) is 2.26. The number of likely N-dealkylation sites (tertiary alicyclic amines) is 1. The number of carbonyl (C=O) groups is 1. The molecule has 1 aromatic carbocycles. The van der Waals surface area contributed by atoms with Gasteiger partial charge in [0.15, 0.2) is 0 Å². The molecule has 1 aromatic rings. The van der Waals surface area contributed by atoms with E-state index >= 15 is 0 Å². The third kappa shape index (κ3) is 3.52. The molecule has 0 bridgehead atoms. The maximum atomic E-state index is 13.4. The summed E-state index contributed by atoms with van der Waals surface area (Å²) in [5.41, 5.74) is -0.427. The van der Waals surface area contributed by atoms with Gasteiger partial charge in [-0.25, -0.2) is 8.78 Å². The highest BCUT2D eigenvalue weighted by atomic mass is 19.1. The Morgan fingerprint density at radius 1 is 1.45 bits per heavy atom. The second-order valence-corrected chi connectivity index (χ2v) is 5.21. The number of nitrogens with one attached hydrogen (secondary N) is 1. The minimum atomic E-state index is -0.800. The van der Waals surface area contributed by atoms with Crippen molar-refractivity contribution in [2.45, 2.75) is 19.4 Å². The Morgan fingerprint density at radius 3 is 2.70 bits per heavy atom. The fourth-order valence-electron chi connectivity index (χ4n) is 2.26. The topological polar surface area (TPSA) is 52.6 Å². The van der Waals surface area contributed by atoms with Crippen LogP contribution in [0.2, 0.25) is 0 Å². The number of para-hydroxylation sites is 1. The van der Waals surface area contributed by atoms with Crippen LogP contribution in [0.25, 0.3) is 0 Å². The number of halogens is 2. The number of aliphatic hydroxyl groups excluding tert-OH is 1. The van der Waals surface area contributed by atoms with Crippen LogP contribution in [0.3, 0.4) is 0 Å². The largest absolute Gasteiger partial charge is 0.392 e. The molecule has 0 radical (unpaired) electrons. The van der Waals surface area contributed by atoms with Crippen LogP contribution < -0.4 is 5.32 Å². The van der Waals surface area contributed by atoms with Crippen LogP contribution in [-0.4, -0.2) is 41.7 Å². The number of benzene rings is 1. The Labute approximate surface area is 116 Å². The molecule has 4 nitrogen and oxygen atoms in total. The monoisotopic (exact) mass is 284 g/mol. The molecule has 1 aliphatic heterocycles. The average Bonchev–Trinajstić information content (AvgIpc) is 2.38. The van der Waals surface area contributed by atoms with Crippen LogP contribution in [0, 0.1) is 17.6 Å². The van der Waals surface area contributed by atoms with Crippen LogP contribution >= 0.6 is 0 Å². The van der Waals surface area contributed by atoms with Crippen molar-refractivity contribution >= 4 is 11.6 Å². The van der Waals surface area contributed by atoms with Gasteiger partial charge in [-0.2, -0.15) is 0 Å². The van der Waals surface area contributed by atoms with E-state index in [1.54, 1.807) is 4.90 Å². The Balaban J connectivity index is 1.93. The highest BCUT2D eigenvalue weighted by Gasteiger charge is 2.25. The molecule has 2 N–H and O–H groups in total. The summed E-state index contributed by atoms with van der Waals surface area (Å²) in [5, 5.41) is 12.0. The zero-order valence-electron chi connectivity index (χ0n) is 11.3. The molecule has 6 heteroatoms. The van der Waals surface area contributed by atoms with E-state index in [4.69, 9.17) is 0 Å². The van der Waals surface area contributed by atoms with Gasteiger partial charge in [-0.3, -0.25) is 9.69 Å². The molecule has 2 atom stereocenters. The van der Waals surface area contributed by atoms with E-state index in [-0.39, 0.29) is 12.5 Å². The normalized spacial score (nSPS) is 23.6. The molecule has 1 saturated heterocycles. The number of β-amino-alcohol motifs (C(OH)–C–C–N with tert-alkyl or cyclic N) is 1. The van der Waals surface area contributed by atoms with Crippen LogP contribution in [0.1, 0.15) is 13.3 Å². The Bertz CT molecular complexity index is 476. The third-order valence-corrected chi connectivity index (χ3v) is 3.60. The van der Waals surface area contributed by atoms with Crippen molar-refractivity contribution in [2.24, 2.45) is 5.92 Å². The lowest BCUT2D eigenvalue weighted by Gasteiger charge is -2.33. The number of piperidine rings is 1. The zero-order chi connectivity index (χ0) is 14.7. The summed E-state index contributed by atoms with van der Waals surface area (Å²) >= 11 is 0. The summed E-state index contributed by atoms with van der Waals surface area (Å²) in [6.45, 7) is 3.05. The van der Waals surface area contributed by atoms with Crippen molar-refractivity contribution in [2.75, 3.05) is 25.0 Å². The van der Waals surface area contributed by atoms with E-state index in [9.17, 15) is 18.7 Å². The molecule has 110 valence electrons. The van der Waals surface area contributed by atoms with Crippen LogP contribution in [0.15, 0.2) is 18.2 Å². The van der Waals surface area contributed by atoms with Gasteiger partial charge < -0.3 is 10.4 Å². The second-order valence-electron chi connectivity index (χ2n) is 5.21. The maximum absolute atomic E-state index is 13.4. The van der Waals surface area contributed by atoms with Gasteiger partial charge >= 0.3 is 0 Å². The lowest BCUT2D eigenvalue weighted by molar-refractivity contribution is -0.118. The summed E-state index contributed by atoms with van der Waals surface area (Å²) in [7, 11) is 0. The lowest BCUT2D eigenvalue weighted by atomic mass is 9.96. The van der Waals surface area contributed by atoms with Gasteiger partial charge in [0.2, 0.25) is 5.91 Å². The summed E-state index contributed by atoms with van der Waals surface area (Å²) in [5.74, 6) is -1.88. The number of rotatable bonds is 3. The van der Waals surface area contributed by atoms with Crippen molar-refractivity contribution in [3.8, 4) is 0 Å². The number of anilines is 1. The molecule has 0 spiro atoms. The SMILES string of the molecule is CC1CCN(CC(=O)Nc2c(F)cccc2F)CC1O. The van der Waals surface area contributed by atoms with E-state index in [1.807, 2.05) is 6.92 Å². The number of amides is 1. The third-order valence-electron chi connectivity index (χ3n) is 3.60. The average molecular weight is 284 g/mol. The van der Waals surface area contributed by atoms with Gasteiger partial charge in [-0.1, -0.05) is 13.0 Å². The molecule has 1 fully saturated rings. The lowest BCUT2D eigenvalue weighted by Crippen LogP contribution is -2.45. The van der Waals surface area contributed by atoms with E-state index < -0.39 is 29.3 Å². The van der Waals surface area contributed by atoms with E-state index in [1.165, 1.54) is 6.07 Å². The predicted molar refractivity (Wildman–Crippen MR) is 71.2 cm³/mol. The number of nitrogens with zero attached hydrogens (tertiary/aromatic N) is 1. The van der Waals surface area contributed by atoms with Gasteiger partial charge in [0.05, 0.1) is 12.6 Å². The number of hydrogen-bond acceptors (Lipinski definition) is 3. The van der Waals surface area contributed by atoms with Crippen molar-refractivity contribution in [3.05, 3.63) is 29.8 Å². The molecule has 0 aromatic heterocycles. The fraction of sp³-hybridized carbons (Fsp3) is 0.500. The van der Waals surface area contributed by atoms with Gasteiger partial charge in [0.25, 0.3) is 0 Å². The summed E-state index contributed by atoms with van der Waals surface area (Å²) in [6, 6.07) is 3.42. The predicted octanol–water partition coefficient (Wildman–Crippen LogP) is 1.61. The molecule has 1 heterocycles.